The standard InChI is InChI=1S/C25H26N6O3S/c32-22(28-24(33)27-13-17-7-2-1-3-8-17)16-35-25-30-29-23(31(25)15-18-9-6-12-34-18)20-14-26-21-11-5-4-10-19(20)21/h1-5,7-8,10-11,14,18,26H,6,9,12-13,15-16H2,(H2,27,28,32,33). The van der Waals surface area contributed by atoms with Gasteiger partial charge >= 0.3 is 6.03 Å². The lowest BCUT2D eigenvalue weighted by Crippen LogP contribution is -2.40. The van der Waals surface area contributed by atoms with Crippen molar-refractivity contribution in [1.29, 1.82) is 0 Å². The van der Waals surface area contributed by atoms with Crippen LogP contribution in [0.1, 0.15) is 18.4 Å². The van der Waals surface area contributed by atoms with Crippen molar-refractivity contribution in [2.75, 3.05) is 12.4 Å². The Bertz CT molecular complexity index is 1310. The van der Waals surface area contributed by atoms with E-state index in [4.69, 9.17) is 4.74 Å². The van der Waals surface area contributed by atoms with Gasteiger partial charge in [-0.1, -0.05) is 60.3 Å². The second-order valence-electron chi connectivity index (χ2n) is 8.30. The second kappa shape index (κ2) is 10.7. The molecule has 1 unspecified atom stereocenters. The van der Waals surface area contributed by atoms with E-state index < -0.39 is 11.9 Å². The first kappa shape index (κ1) is 23.1. The van der Waals surface area contributed by atoms with Crippen LogP contribution in [0.5, 0.6) is 0 Å². The average molecular weight is 491 g/mol. The van der Waals surface area contributed by atoms with Crippen molar-refractivity contribution in [3.63, 3.8) is 0 Å². The Morgan fingerprint density at radius 1 is 1.11 bits per heavy atom. The number of amides is 3. The molecule has 1 fully saturated rings. The Morgan fingerprint density at radius 2 is 1.94 bits per heavy atom. The zero-order chi connectivity index (χ0) is 24.0. The molecule has 0 saturated carbocycles. The fourth-order valence-electron chi connectivity index (χ4n) is 4.12. The van der Waals surface area contributed by atoms with E-state index in [1.165, 1.54) is 11.8 Å². The number of ether oxygens (including phenoxy) is 1. The Balaban J connectivity index is 1.26. The van der Waals surface area contributed by atoms with Gasteiger partial charge in [-0.05, 0) is 24.5 Å². The zero-order valence-corrected chi connectivity index (χ0v) is 19.9. The third kappa shape index (κ3) is 5.55. The zero-order valence-electron chi connectivity index (χ0n) is 19.1. The Morgan fingerprint density at radius 3 is 2.77 bits per heavy atom. The Hall–Kier alpha value is -3.63. The van der Waals surface area contributed by atoms with Gasteiger partial charge in [0.25, 0.3) is 0 Å². The summed E-state index contributed by atoms with van der Waals surface area (Å²) in [5, 5.41) is 15.6. The quantitative estimate of drug-likeness (QED) is 0.325. The number of para-hydroxylation sites is 1. The number of nitrogens with zero attached hydrogens (tertiary/aromatic N) is 3. The average Bonchev–Trinajstić information content (AvgIpc) is 3.63. The lowest BCUT2D eigenvalue weighted by molar-refractivity contribution is -0.117. The third-order valence-electron chi connectivity index (χ3n) is 5.84. The van der Waals surface area contributed by atoms with Crippen molar-refractivity contribution in [3.05, 3.63) is 66.4 Å². The number of H-pyrrole nitrogens is 1. The number of nitrogens with one attached hydrogen (secondary N) is 3. The number of carbonyl (C=O) groups excluding carboxylic acids is 2. The van der Waals surface area contributed by atoms with Crippen molar-refractivity contribution in [3.8, 4) is 11.4 Å². The smallest absolute Gasteiger partial charge is 0.321 e. The topological polar surface area (TPSA) is 114 Å². The van der Waals surface area contributed by atoms with E-state index in [-0.39, 0.29) is 11.9 Å². The molecule has 3 N–H and O–H groups in total. The van der Waals surface area contributed by atoms with Crippen molar-refractivity contribution >= 4 is 34.6 Å². The molecule has 3 amide bonds. The molecule has 35 heavy (non-hydrogen) atoms. The molecule has 2 aromatic heterocycles. The fraction of sp³-hybridized carbons (Fsp3) is 0.280. The number of imide groups is 1. The summed E-state index contributed by atoms with van der Waals surface area (Å²) in [5.41, 5.74) is 2.92. The minimum atomic E-state index is -0.528. The molecule has 0 bridgehead atoms. The molecule has 9 nitrogen and oxygen atoms in total. The number of carbonyl (C=O) groups is 2. The molecule has 1 aliphatic heterocycles. The van der Waals surface area contributed by atoms with Gasteiger partial charge in [0, 0.05) is 35.8 Å². The molecule has 5 rings (SSSR count). The van der Waals surface area contributed by atoms with Crippen LogP contribution in [0.15, 0.2) is 66.0 Å². The number of aromatic amines is 1. The van der Waals surface area contributed by atoms with Crippen LogP contribution < -0.4 is 10.6 Å². The summed E-state index contributed by atoms with van der Waals surface area (Å²) in [5.74, 6) is 0.360. The van der Waals surface area contributed by atoms with Crippen LogP contribution in [0.3, 0.4) is 0 Å². The molecule has 1 aliphatic rings. The maximum absolute atomic E-state index is 12.4. The van der Waals surface area contributed by atoms with Crippen molar-refractivity contribution < 1.29 is 14.3 Å². The van der Waals surface area contributed by atoms with Gasteiger partial charge in [0.15, 0.2) is 11.0 Å². The van der Waals surface area contributed by atoms with Crippen molar-refractivity contribution in [2.45, 2.75) is 37.2 Å². The molecule has 0 radical (unpaired) electrons. The number of fused-ring (bicyclic) bond motifs is 1. The molecule has 2 aromatic carbocycles. The molecule has 1 atom stereocenters. The van der Waals surface area contributed by atoms with Crippen LogP contribution in [-0.2, 0) is 22.6 Å². The fourth-order valence-corrected chi connectivity index (χ4v) is 4.87. The molecule has 4 aromatic rings. The van der Waals surface area contributed by atoms with Crippen LogP contribution >= 0.6 is 11.8 Å². The van der Waals surface area contributed by atoms with Crippen molar-refractivity contribution in [1.82, 2.24) is 30.4 Å². The summed E-state index contributed by atoms with van der Waals surface area (Å²) in [4.78, 5) is 27.8. The Labute approximate surface area is 206 Å². The second-order valence-corrected chi connectivity index (χ2v) is 9.25. The normalized spacial score (nSPS) is 15.4. The summed E-state index contributed by atoms with van der Waals surface area (Å²) in [6.07, 6.45) is 4.00. The van der Waals surface area contributed by atoms with Gasteiger partial charge in [-0.2, -0.15) is 0 Å². The summed E-state index contributed by atoms with van der Waals surface area (Å²) in [7, 11) is 0. The van der Waals surface area contributed by atoms with Crippen LogP contribution in [-0.4, -0.2) is 50.2 Å². The molecule has 3 heterocycles. The van der Waals surface area contributed by atoms with Crippen molar-refractivity contribution in [2.24, 2.45) is 0 Å². The monoisotopic (exact) mass is 490 g/mol. The first-order valence-corrected chi connectivity index (χ1v) is 12.5. The number of hydrogen-bond donors (Lipinski definition) is 3. The maximum atomic E-state index is 12.4. The molecule has 0 spiro atoms. The number of aromatic nitrogens is 4. The summed E-state index contributed by atoms with van der Waals surface area (Å²) < 4.78 is 7.87. The van der Waals surface area contributed by atoms with Gasteiger partial charge in [0.05, 0.1) is 18.4 Å². The first-order chi connectivity index (χ1) is 17.2. The van der Waals surface area contributed by atoms with E-state index >= 15 is 0 Å². The molecule has 10 heteroatoms. The van der Waals surface area contributed by atoms with E-state index in [2.05, 4.69) is 25.8 Å². The molecule has 0 aliphatic carbocycles. The molecule has 180 valence electrons. The maximum Gasteiger partial charge on any atom is 0.321 e. The van der Waals surface area contributed by atoms with Gasteiger partial charge in [-0.15, -0.1) is 10.2 Å². The summed E-state index contributed by atoms with van der Waals surface area (Å²) >= 11 is 1.25. The van der Waals surface area contributed by atoms with Crippen LogP contribution in [0.4, 0.5) is 4.79 Å². The van der Waals surface area contributed by atoms with E-state index in [9.17, 15) is 9.59 Å². The number of rotatable bonds is 8. The molecule has 1 saturated heterocycles. The SMILES string of the molecule is O=C(CSc1nnc(-c2c[nH]c3ccccc23)n1CC1CCCO1)NC(=O)NCc1ccccc1. The first-order valence-electron chi connectivity index (χ1n) is 11.5. The predicted molar refractivity (Wildman–Crippen MR) is 134 cm³/mol. The van der Waals surface area contributed by atoms with E-state index in [0.29, 0.717) is 18.2 Å². The Kier molecular flexibility index (Phi) is 7.10. The highest BCUT2D eigenvalue weighted by atomic mass is 32.2. The largest absolute Gasteiger partial charge is 0.376 e. The minimum Gasteiger partial charge on any atom is -0.376 e. The lowest BCUT2D eigenvalue weighted by atomic mass is 10.1. The number of benzene rings is 2. The van der Waals surface area contributed by atoms with Gasteiger partial charge in [-0.25, -0.2) is 4.79 Å². The molecular formula is C25H26N6O3S. The highest BCUT2D eigenvalue weighted by Gasteiger charge is 2.23. The number of urea groups is 1. The third-order valence-corrected chi connectivity index (χ3v) is 6.81. The highest BCUT2D eigenvalue weighted by molar-refractivity contribution is 7.99. The summed E-state index contributed by atoms with van der Waals surface area (Å²) in [6, 6.07) is 17.0. The number of thioether (sulfide) groups is 1. The van der Waals surface area contributed by atoms with Gasteiger partial charge in [-0.3, -0.25) is 14.7 Å². The summed E-state index contributed by atoms with van der Waals surface area (Å²) in [6.45, 7) is 1.69. The van der Waals surface area contributed by atoms with Gasteiger partial charge in [0.2, 0.25) is 5.91 Å². The molecular weight excluding hydrogens is 464 g/mol. The highest BCUT2D eigenvalue weighted by Crippen LogP contribution is 2.31. The number of hydrogen-bond acceptors (Lipinski definition) is 6. The predicted octanol–water partition coefficient (Wildman–Crippen LogP) is 3.72. The van der Waals surface area contributed by atoms with E-state index in [1.54, 1.807) is 0 Å². The van der Waals surface area contributed by atoms with Gasteiger partial charge in [0.1, 0.15) is 0 Å². The van der Waals surface area contributed by atoms with Gasteiger partial charge < -0.3 is 15.0 Å². The minimum absolute atomic E-state index is 0.0380. The van der Waals surface area contributed by atoms with E-state index in [1.807, 2.05) is 65.4 Å². The van der Waals surface area contributed by atoms with Crippen LogP contribution in [0.2, 0.25) is 0 Å². The lowest BCUT2D eigenvalue weighted by Gasteiger charge is -2.14. The van der Waals surface area contributed by atoms with E-state index in [0.717, 1.165) is 47.3 Å². The van der Waals surface area contributed by atoms with Crippen LogP contribution in [0.25, 0.3) is 22.3 Å². The van der Waals surface area contributed by atoms with Crippen LogP contribution in [0, 0.1) is 0 Å².